The number of benzene rings is 3. The summed E-state index contributed by atoms with van der Waals surface area (Å²) < 4.78 is 45.4. The number of anilines is 1. The molecule has 0 saturated carbocycles. The van der Waals surface area contributed by atoms with Gasteiger partial charge in [0.25, 0.3) is 10.0 Å². The van der Waals surface area contributed by atoms with E-state index >= 15 is 0 Å². The van der Waals surface area contributed by atoms with Crippen molar-refractivity contribution < 1.29 is 32.2 Å². The number of ether oxygens (including phenoxy) is 3. The fraction of sp³-hybridized carbons (Fsp3) is 0.310. The minimum absolute atomic E-state index is 0.0267. The number of halogens is 2. The molecule has 0 aliphatic heterocycles. The summed E-state index contributed by atoms with van der Waals surface area (Å²) in [6.07, 6.45) is 0.263. The fourth-order valence-electron chi connectivity index (χ4n) is 4.37. The van der Waals surface area contributed by atoms with Crippen molar-refractivity contribution in [3.8, 4) is 17.2 Å². The van der Waals surface area contributed by atoms with Crippen LogP contribution in [0.3, 0.4) is 0 Å². The lowest BCUT2D eigenvalue weighted by molar-refractivity contribution is -0.140. The van der Waals surface area contributed by atoms with Gasteiger partial charge in [0, 0.05) is 29.7 Å². The van der Waals surface area contributed by atoms with Crippen molar-refractivity contribution in [2.45, 2.75) is 30.8 Å². The van der Waals surface area contributed by atoms with E-state index in [4.69, 9.17) is 37.4 Å². The molecular formula is C29H33Cl2N3O7S. The molecule has 0 bridgehead atoms. The van der Waals surface area contributed by atoms with Crippen LogP contribution in [-0.2, 0) is 26.2 Å². The first-order valence-corrected chi connectivity index (χ1v) is 15.0. The van der Waals surface area contributed by atoms with Gasteiger partial charge in [-0.2, -0.15) is 0 Å². The van der Waals surface area contributed by atoms with E-state index in [1.54, 1.807) is 31.2 Å². The van der Waals surface area contributed by atoms with Gasteiger partial charge in [-0.3, -0.25) is 13.9 Å². The number of carbonyl (C=O) groups excluding carboxylic acids is 2. The van der Waals surface area contributed by atoms with Crippen molar-refractivity contribution in [1.29, 1.82) is 0 Å². The second-order valence-electron chi connectivity index (χ2n) is 9.00. The van der Waals surface area contributed by atoms with E-state index in [-0.39, 0.29) is 40.1 Å². The van der Waals surface area contributed by atoms with E-state index in [2.05, 4.69) is 5.32 Å². The number of amides is 2. The molecule has 0 saturated heterocycles. The summed E-state index contributed by atoms with van der Waals surface area (Å²) >= 11 is 12.7. The maximum atomic E-state index is 14.2. The number of hydrogen-bond donors (Lipinski definition) is 1. The van der Waals surface area contributed by atoms with Gasteiger partial charge in [-0.25, -0.2) is 8.42 Å². The van der Waals surface area contributed by atoms with Crippen LogP contribution in [0.25, 0.3) is 0 Å². The molecule has 3 rings (SSSR count). The van der Waals surface area contributed by atoms with E-state index in [9.17, 15) is 18.0 Å². The van der Waals surface area contributed by atoms with Gasteiger partial charge in [-0.1, -0.05) is 48.3 Å². The molecule has 3 aromatic rings. The van der Waals surface area contributed by atoms with Crippen LogP contribution in [0.5, 0.6) is 17.2 Å². The molecule has 0 unspecified atom stereocenters. The zero-order valence-corrected chi connectivity index (χ0v) is 26.2. The first kappa shape index (κ1) is 32.8. The Morgan fingerprint density at radius 2 is 1.55 bits per heavy atom. The number of sulfonamides is 1. The quantitative estimate of drug-likeness (QED) is 0.287. The first-order valence-electron chi connectivity index (χ1n) is 12.8. The van der Waals surface area contributed by atoms with Gasteiger partial charge in [0.15, 0.2) is 11.5 Å². The summed E-state index contributed by atoms with van der Waals surface area (Å²) in [5.74, 6) is -0.410. The average molecular weight is 639 g/mol. The van der Waals surface area contributed by atoms with Crippen LogP contribution < -0.4 is 23.8 Å². The van der Waals surface area contributed by atoms with Crippen molar-refractivity contribution in [1.82, 2.24) is 10.2 Å². The zero-order chi connectivity index (χ0) is 31.0. The normalized spacial score (nSPS) is 11.8. The highest BCUT2D eigenvalue weighted by atomic mass is 35.5. The smallest absolute Gasteiger partial charge is 0.265 e. The number of carbonyl (C=O) groups is 2. The molecule has 0 heterocycles. The third kappa shape index (κ3) is 7.21. The average Bonchev–Trinajstić information content (AvgIpc) is 2.99. The second kappa shape index (κ2) is 14.5. The molecule has 226 valence electrons. The molecule has 1 atom stereocenters. The minimum Gasteiger partial charge on any atom is -0.495 e. The summed E-state index contributed by atoms with van der Waals surface area (Å²) in [5, 5.41) is 3.20. The maximum Gasteiger partial charge on any atom is 0.265 e. The van der Waals surface area contributed by atoms with Crippen molar-refractivity contribution in [2.24, 2.45) is 0 Å². The van der Waals surface area contributed by atoms with Crippen LogP contribution in [0.4, 0.5) is 5.69 Å². The first-order chi connectivity index (χ1) is 20.0. The Balaban J connectivity index is 2.19. The Hall–Kier alpha value is -3.67. The summed E-state index contributed by atoms with van der Waals surface area (Å²) in [6, 6.07) is 14.5. The van der Waals surface area contributed by atoms with Gasteiger partial charge in [0.2, 0.25) is 11.8 Å². The number of nitrogens with zero attached hydrogens (tertiary/aromatic N) is 2. The summed E-state index contributed by atoms with van der Waals surface area (Å²) in [5.41, 5.74) is 0.614. The highest BCUT2D eigenvalue weighted by Gasteiger charge is 2.35. The standard InChI is InChI=1S/C29H33Cl2N3O7S/c1-6-23(29(36)32-2)33(17-19-9-7-8-10-22(19)31)28(35)18-34(24-15-20(30)11-13-25(24)39-3)42(37,38)21-12-14-26(40-4)27(16-21)41-5/h7-16,23H,6,17-18H2,1-5H3,(H,32,36)/t23-/m1/s1. The second-order valence-corrected chi connectivity index (χ2v) is 11.7. The Morgan fingerprint density at radius 3 is 2.14 bits per heavy atom. The molecule has 0 aromatic heterocycles. The van der Waals surface area contributed by atoms with Crippen LogP contribution in [0.2, 0.25) is 10.0 Å². The van der Waals surface area contributed by atoms with Gasteiger partial charge in [0.1, 0.15) is 18.3 Å². The Kier molecular flexibility index (Phi) is 11.3. The van der Waals surface area contributed by atoms with Gasteiger partial charge < -0.3 is 24.4 Å². The number of hydrogen-bond acceptors (Lipinski definition) is 7. The van der Waals surface area contributed by atoms with Crippen LogP contribution in [0.15, 0.2) is 65.6 Å². The molecule has 42 heavy (non-hydrogen) atoms. The third-order valence-corrected chi connectivity index (χ3v) is 8.92. The molecule has 0 spiro atoms. The number of nitrogens with one attached hydrogen (secondary N) is 1. The fourth-order valence-corrected chi connectivity index (χ4v) is 6.17. The molecule has 0 aliphatic rings. The lowest BCUT2D eigenvalue weighted by Crippen LogP contribution is -2.51. The van der Waals surface area contributed by atoms with E-state index in [0.717, 1.165) is 4.31 Å². The van der Waals surface area contributed by atoms with Gasteiger partial charge in [0.05, 0.1) is 31.9 Å². The summed E-state index contributed by atoms with van der Waals surface area (Å²) in [7, 11) is 1.20. The van der Waals surface area contributed by atoms with Crippen molar-refractivity contribution >= 4 is 50.7 Å². The van der Waals surface area contributed by atoms with Gasteiger partial charge in [-0.05, 0) is 48.4 Å². The van der Waals surface area contributed by atoms with Crippen LogP contribution in [-0.4, -0.2) is 66.1 Å². The highest BCUT2D eigenvalue weighted by molar-refractivity contribution is 7.92. The zero-order valence-electron chi connectivity index (χ0n) is 23.9. The lowest BCUT2D eigenvalue weighted by Gasteiger charge is -2.33. The largest absolute Gasteiger partial charge is 0.495 e. The SMILES string of the molecule is CC[C@H](C(=O)NC)N(Cc1ccccc1Cl)C(=O)CN(c1cc(Cl)ccc1OC)S(=O)(=O)c1ccc(OC)c(OC)c1. The Morgan fingerprint density at radius 1 is 0.905 bits per heavy atom. The molecule has 13 heteroatoms. The molecule has 0 aliphatic carbocycles. The third-order valence-electron chi connectivity index (χ3n) is 6.56. The molecule has 3 aromatic carbocycles. The molecule has 2 amide bonds. The monoisotopic (exact) mass is 637 g/mol. The van der Waals surface area contributed by atoms with E-state index in [1.807, 2.05) is 0 Å². The number of likely N-dealkylation sites (N-methyl/N-ethyl adjacent to an activating group) is 1. The molecule has 1 N–H and O–H groups in total. The summed E-state index contributed by atoms with van der Waals surface area (Å²) in [6.45, 7) is 1.03. The van der Waals surface area contributed by atoms with Crippen molar-refractivity contribution in [2.75, 3.05) is 39.2 Å². The summed E-state index contributed by atoms with van der Waals surface area (Å²) in [4.78, 5) is 28.1. The topological polar surface area (TPSA) is 114 Å². The van der Waals surface area contributed by atoms with E-state index < -0.39 is 34.4 Å². The predicted molar refractivity (Wildman–Crippen MR) is 162 cm³/mol. The van der Waals surface area contributed by atoms with Crippen LogP contribution >= 0.6 is 23.2 Å². The van der Waals surface area contributed by atoms with Crippen molar-refractivity contribution in [3.63, 3.8) is 0 Å². The molecule has 10 nitrogen and oxygen atoms in total. The van der Waals surface area contributed by atoms with Gasteiger partial charge >= 0.3 is 0 Å². The number of rotatable bonds is 13. The van der Waals surface area contributed by atoms with Crippen molar-refractivity contribution in [3.05, 3.63) is 76.3 Å². The Bertz CT molecular complexity index is 1540. The molecular weight excluding hydrogens is 605 g/mol. The highest BCUT2D eigenvalue weighted by Crippen LogP contribution is 2.37. The van der Waals surface area contributed by atoms with Crippen LogP contribution in [0, 0.1) is 0 Å². The van der Waals surface area contributed by atoms with Crippen LogP contribution in [0.1, 0.15) is 18.9 Å². The van der Waals surface area contributed by atoms with E-state index in [1.165, 1.54) is 69.7 Å². The minimum atomic E-state index is -4.44. The molecule has 0 radical (unpaired) electrons. The lowest BCUT2D eigenvalue weighted by atomic mass is 10.1. The predicted octanol–water partition coefficient (Wildman–Crippen LogP) is 4.77. The van der Waals surface area contributed by atoms with Gasteiger partial charge in [-0.15, -0.1) is 0 Å². The maximum absolute atomic E-state index is 14.2. The molecule has 0 fully saturated rings. The Labute approximate surface area is 256 Å². The number of methoxy groups -OCH3 is 3. The van der Waals surface area contributed by atoms with E-state index in [0.29, 0.717) is 16.3 Å².